The van der Waals surface area contributed by atoms with Gasteiger partial charge in [0, 0.05) is 11.1 Å². The van der Waals surface area contributed by atoms with Crippen LogP contribution in [-0.2, 0) is 0 Å². The summed E-state index contributed by atoms with van der Waals surface area (Å²) >= 11 is 0. The average molecular weight is 366 g/mol. The number of hydrogen-bond donors (Lipinski definition) is 2. The molecular formula is C20H22N4O3. The summed E-state index contributed by atoms with van der Waals surface area (Å²) in [6, 6.07) is 7.23. The summed E-state index contributed by atoms with van der Waals surface area (Å²) in [7, 11) is 0. The van der Waals surface area contributed by atoms with Crippen LogP contribution in [0.15, 0.2) is 59.8 Å². The van der Waals surface area contributed by atoms with Gasteiger partial charge in [-0.05, 0) is 39.3 Å². The van der Waals surface area contributed by atoms with E-state index in [0.29, 0.717) is 22.5 Å². The maximum absolute atomic E-state index is 13.1. The molecule has 1 aromatic heterocycles. The monoisotopic (exact) mass is 366 g/mol. The van der Waals surface area contributed by atoms with Crippen LogP contribution in [0.4, 0.5) is 11.5 Å². The Hall–Kier alpha value is -3.48. The van der Waals surface area contributed by atoms with E-state index < -0.39 is 4.92 Å². The van der Waals surface area contributed by atoms with Gasteiger partial charge in [0.15, 0.2) is 5.78 Å². The fourth-order valence-electron chi connectivity index (χ4n) is 2.63. The first-order chi connectivity index (χ1) is 12.8. The lowest BCUT2D eigenvalue weighted by Gasteiger charge is -2.12. The molecule has 27 heavy (non-hydrogen) atoms. The molecule has 0 radical (unpaired) electrons. The SMILES string of the molecule is C=C/C(C(=O)c1ccccc1C)=C(\C=C(C)C)Nc1n[nH]c(C)c1[N+](=O)[O-]. The minimum absolute atomic E-state index is 0.0435. The number of benzene rings is 1. The largest absolute Gasteiger partial charge is 0.333 e. The summed E-state index contributed by atoms with van der Waals surface area (Å²) < 4.78 is 0. The van der Waals surface area contributed by atoms with Crippen molar-refractivity contribution < 1.29 is 9.72 Å². The predicted octanol–water partition coefficient (Wildman–Crippen LogP) is 4.64. The number of allylic oxidation sites excluding steroid dienone is 4. The van der Waals surface area contributed by atoms with E-state index in [4.69, 9.17) is 0 Å². The number of nitro groups is 1. The summed E-state index contributed by atoms with van der Waals surface area (Å²) in [5.41, 5.74) is 3.14. The second-order valence-electron chi connectivity index (χ2n) is 6.33. The van der Waals surface area contributed by atoms with Gasteiger partial charge in [-0.1, -0.05) is 42.5 Å². The fourth-order valence-corrected chi connectivity index (χ4v) is 2.63. The maximum atomic E-state index is 13.1. The Morgan fingerprint density at radius 2 is 1.96 bits per heavy atom. The van der Waals surface area contributed by atoms with Crippen molar-refractivity contribution in [2.45, 2.75) is 27.7 Å². The van der Waals surface area contributed by atoms with Crippen LogP contribution in [0.2, 0.25) is 0 Å². The number of rotatable bonds is 7. The van der Waals surface area contributed by atoms with E-state index in [-0.39, 0.29) is 17.3 Å². The lowest BCUT2D eigenvalue weighted by molar-refractivity contribution is -0.384. The number of aromatic amines is 1. The highest BCUT2D eigenvalue weighted by atomic mass is 16.6. The van der Waals surface area contributed by atoms with E-state index in [0.717, 1.165) is 11.1 Å². The number of H-pyrrole nitrogens is 1. The minimum Gasteiger partial charge on any atom is -0.332 e. The van der Waals surface area contributed by atoms with Crippen LogP contribution in [0.1, 0.15) is 35.5 Å². The Balaban J connectivity index is 2.61. The van der Waals surface area contributed by atoms with E-state index in [2.05, 4.69) is 22.1 Å². The van der Waals surface area contributed by atoms with Crippen molar-refractivity contribution in [3.63, 3.8) is 0 Å². The van der Waals surface area contributed by atoms with Gasteiger partial charge in [-0.15, -0.1) is 5.10 Å². The molecule has 0 unspecified atom stereocenters. The zero-order chi connectivity index (χ0) is 20.1. The van der Waals surface area contributed by atoms with Crippen molar-refractivity contribution in [1.82, 2.24) is 10.2 Å². The third-order valence-electron chi connectivity index (χ3n) is 3.91. The van der Waals surface area contributed by atoms with Gasteiger partial charge < -0.3 is 5.32 Å². The number of hydrogen-bond acceptors (Lipinski definition) is 5. The molecule has 0 fully saturated rings. The zero-order valence-electron chi connectivity index (χ0n) is 15.8. The quantitative estimate of drug-likeness (QED) is 0.244. The second-order valence-corrected chi connectivity index (χ2v) is 6.33. The number of aromatic nitrogens is 2. The van der Waals surface area contributed by atoms with Crippen LogP contribution in [-0.4, -0.2) is 20.9 Å². The molecule has 0 amide bonds. The molecule has 1 aromatic carbocycles. The van der Waals surface area contributed by atoms with Gasteiger partial charge in [0.1, 0.15) is 5.69 Å². The van der Waals surface area contributed by atoms with Crippen molar-refractivity contribution in [2.75, 3.05) is 5.32 Å². The molecule has 0 aliphatic heterocycles. The van der Waals surface area contributed by atoms with E-state index in [1.807, 2.05) is 32.9 Å². The van der Waals surface area contributed by atoms with Crippen LogP contribution in [0, 0.1) is 24.0 Å². The Kier molecular flexibility index (Phi) is 6.07. The lowest BCUT2D eigenvalue weighted by atomic mass is 9.97. The van der Waals surface area contributed by atoms with E-state index in [9.17, 15) is 14.9 Å². The Labute approximate surface area is 157 Å². The van der Waals surface area contributed by atoms with E-state index >= 15 is 0 Å². The van der Waals surface area contributed by atoms with Crippen LogP contribution in [0.25, 0.3) is 0 Å². The predicted molar refractivity (Wildman–Crippen MR) is 106 cm³/mol. The van der Waals surface area contributed by atoms with Crippen LogP contribution in [0.5, 0.6) is 0 Å². The van der Waals surface area contributed by atoms with Gasteiger partial charge in [-0.3, -0.25) is 20.0 Å². The summed E-state index contributed by atoms with van der Waals surface area (Å²) in [6.45, 7) is 10.9. The van der Waals surface area contributed by atoms with Crippen LogP contribution >= 0.6 is 0 Å². The van der Waals surface area contributed by atoms with Gasteiger partial charge in [0.05, 0.1) is 10.6 Å². The maximum Gasteiger partial charge on any atom is 0.333 e. The van der Waals surface area contributed by atoms with Gasteiger partial charge >= 0.3 is 5.69 Å². The molecule has 0 bridgehead atoms. The Morgan fingerprint density at radius 1 is 1.30 bits per heavy atom. The van der Waals surface area contributed by atoms with Crippen LogP contribution < -0.4 is 5.32 Å². The fraction of sp³-hybridized carbons (Fsp3) is 0.200. The molecule has 0 aliphatic rings. The molecule has 0 saturated carbocycles. The second kappa shape index (κ2) is 8.27. The molecule has 7 nitrogen and oxygen atoms in total. The molecular weight excluding hydrogens is 344 g/mol. The summed E-state index contributed by atoms with van der Waals surface area (Å²) in [5.74, 6) is -0.181. The van der Waals surface area contributed by atoms with E-state index in [1.165, 1.54) is 6.08 Å². The minimum atomic E-state index is -0.516. The third-order valence-corrected chi connectivity index (χ3v) is 3.91. The normalized spacial score (nSPS) is 11.4. The number of carbonyl (C=O) groups excluding carboxylic acids is 1. The molecule has 1 heterocycles. The third kappa shape index (κ3) is 4.38. The van der Waals surface area contributed by atoms with Crippen molar-refractivity contribution in [2.24, 2.45) is 0 Å². The first kappa shape index (κ1) is 19.8. The van der Waals surface area contributed by atoms with Gasteiger partial charge in [-0.2, -0.15) is 0 Å². The number of carbonyl (C=O) groups is 1. The highest BCUT2D eigenvalue weighted by molar-refractivity contribution is 6.12. The molecule has 7 heteroatoms. The van der Waals surface area contributed by atoms with Gasteiger partial charge in [0.2, 0.25) is 5.82 Å². The number of nitrogens with one attached hydrogen (secondary N) is 2. The van der Waals surface area contributed by atoms with Crippen LogP contribution in [0.3, 0.4) is 0 Å². The first-order valence-corrected chi connectivity index (χ1v) is 8.34. The Bertz CT molecular complexity index is 963. The molecule has 140 valence electrons. The van der Waals surface area contributed by atoms with Gasteiger partial charge in [0.25, 0.3) is 0 Å². The molecule has 2 N–H and O–H groups in total. The van der Waals surface area contributed by atoms with Gasteiger partial charge in [-0.25, -0.2) is 0 Å². The molecule has 0 saturated heterocycles. The standard InChI is InChI=1S/C20H22N4O3/c1-6-15(19(25)16-10-8-7-9-13(16)4)17(11-12(2)3)21-20-18(24(26)27)14(5)22-23-20/h6-11H,1H2,2-5H3,(H2,21,22,23)/b17-15-. The molecule has 0 spiro atoms. The van der Waals surface area contributed by atoms with Crippen molar-refractivity contribution in [1.29, 1.82) is 0 Å². The zero-order valence-corrected chi connectivity index (χ0v) is 15.8. The first-order valence-electron chi connectivity index (χ1n) is 8.34. The lowest BCUT2D eigenvalue weighted by Crippen LogP contribution is -2.11. The Morgan fingerprint density at radius 3 is 2.52 bits per heavy atom. The number of aryl methyl sites for hydroxylation is 2. The van der Waals surface area contributed by atoms with Crippen molar-refractivity contribution in [3.05, 3.63) is 86.8 Å². The highest BCUT2D eigenvalue weighted by Crippen LogP contribution is 2.28. The topological polar surface area (TPSA) is 101 Å². The molecule has 2 aromatic rings. The van der Waals surface area contributed by atoms with Crippen molar-refractivity contribution >= 4 is 17.3 Å². The summed E-state index contributed by atoms with van der Waals surface area (Å²) in [5, 5.41) is 20.8. The average Bonchev–Trinajstić information content (AvgIpc) is 2.95. The summed E-state index contributed by atoms with van der Waals surface area (Å²) in [6.07, 6.45) is 3.18. The molecule has 0 atom stereocenters. The van der Waals surface area contributed by atoms with Crippen molar-refractivity contribution in [3.8, 4) is 0 Å². The number of nitrogens with zero attached hydrogens (tertiary/aromatic N) is 2. The van der Waals surface area contributed by atoms with E-state index in [1.54, 1.807) is 25.1 Å². The number of ketones is 1. The number of Topliss-reactive ketones (excluding diaryl/α,β-unsaturated/α-hetero) is 1. The molecule has 2 rings (SSSR count). The molecule has 0 aliphatic carbocycles. The highest BCUT2D eigenvalue weighted by Gasteiger charge is 2.24. The number of anilines is 1. The summed E-state index contributed by atoms with van der Waals surface area (Å²) in [4.78, 5) is 23.9. The smallest absolute Gasteiger partial charge is 0.332 e.